The number of rotatable bonds is 8. The van der Waals surface area contributed by atoms with E-state index in [2.05, 4.69) is 15.8 Å². The minimum Gasteiger partial charge on any atom is -0.415 e. The number of nitro benzene ring substituents is 1. The fraction of sp³-hybridized carbons (Fsp3) is 0.0345. The first-order valence-corrected chi connectivity index (χ1v) is 12.5. The first-order valence-electron chi connectivity index (χ1n) is 12.1. The second-order valence-corrected chi connectivity index (χ2v) is 9.09. The summed E-state index contributed by atoms with van der Waals surface area (Å²) in [6, 6.07) is 19.0. The molecule has 4 aromatic carbocycles. The van der Waals surface area contributed by atoms with Gasteiger partial charge in [-0.25, -0.2) is 10.2 Å². The van der Waals surface area contributed by atoms with Crippen molar-refractivity contribution >= 4 is 47.0 Å². The van der Waals surface area contributed by atoms with Crippen LogP contribution in [0, 0.1) is 10.1 Å². The van der Waals surface area contributed by atoms with E-state index in [1.807, 2.05) is 0 Å². The minimum absolute atomic E-state index is 0.116. The molecular formula is C29H18ClF3N4O6. The molecule has 0 aliphatic carbocycles. The van der Waals surface area contributed by atoms with Gasteiger partial charge in [0.1, 0.15) is 0 Å². The van der Waals surface area contributed by atoms with Crippen LogP contribution in [0.4, 0.5) is 24.5 Å². The van der Waals surface area contributed by atoms with Crippen molar-refractivity contribution in [2.24, 2.45) is 5.10 Å². The molecule has 0 fully saturated rings. The van der Waals surface area contributed by atoms with Gasteiger partial charge in [-0.3, -0.25) is 19.7 Å². The number of ether oxygens (including phenoxy) is 1. The Morgan fingerprint density at radius 1 is 0.860 bits per heavy atom. The van der Waals surface area contributed by atoms with Crippen LogP contribution in [-0.2, 0) is 6.18 Å². The quantitative estimate of drug-likeness (QED) is 0.0767. The van der Waals surface area contributed by atoms with Gasteiger partial charge in [-0.1, -0.05) is 23.7 Å². The minimum atomic E-state index is -4.73. The highest BCUT2D eigenvalue weighted by Gasteiger charge is 2.31. The number of benzene rings is 4. The van der Waals surface area contributed by atoms with Crippen LogP contribution < -0.4 is 15.5 Å². The van der Waals surface area contributed by atoms with E-state index in [0.29, 0.717) is 22.3 Å². The fourth-order valence-electron chi connectivity index (χ4n) is 3.61. The summed E-state index contributed by atoms with van der Waals surface area (Å²) in [5.74, 6) is -2.93. The van der Waals surface area contributed by atoms with Crippen molar-refractivity contribution in [3.05, 3.63) is 134 Å². The van der Waals surface area contributed by atoms with Gasteiger partial charge in [0, 0.05) is 33.5 Å². The zero-order valence-electron chi connectivity index (χ0n) is 21.6. The van der Waals surface area contributed by atoms with E-state index in [1.165, 1.54) is 36.4 Å². The topological polar surface area (TPSA) is 140 Å². The maximum atomic E-state index is 13.1. The molecule has 0 aromatic heterocycles. The number of carbonyl (C=O) groups is 3. The second-order valence-electron chi connectivity index (χ2n) is 8.66. The number of nitrogens with one attached hydrogen (secondary N) is 2. The molecule has 0 spiro atoms. The Kier molecular flexibility index (Phi) is 9.16. The van der Waals surface area contributed by atoms with E-state index in [9.17, 15) is 37.7 Å². The molecule has 0 aliphatic heterocycles. The highest BCUT2D eigenvalue weighted by Crippen LogP contribution is 2.32. The third-order valence-corrected chi connectivity index (χ3v) is 5.97. The van der Waals surface area contributed by atoms with Gasteiger partial charge in [0.05, 0.1) is 22.3 Å². The number of nitro groups is 1. The highest BCUT2D eigenvalue weighted by molar-refractivity contribution is 6.30. The molecule has 0 atom stereocenters. The number of anilines is 1. The van der Waals surface area contributed by atoms with Crippen molar-refractivity contribution in [2.45, 2.75) is 6.18 Å². The number of esters is 1. The van der Waals surface area contributed by atoms with Crippen molar-refractivity contribution < 1.29 is 37.2 Å². The molecule has 0 radical (unpaired) electrons. The number of nitrogens with zero attached hydrogens (tertiary/aromatic N) is 2. The van der Waals surface area contributed by atoms with Crippen LogP contribution in [0.5, 0.6) is 5.75 Å². The Morgan fingerprint density at radius 2 is 1.49 bits per heavy atom. The molecule has 2 amide bonds. The van der Waals surface area contributed by atoms with E-state index in [0.717, 1.165) is 30.5 Å². The first-order chi connectivity index (χ1) is 20.4. The molecule has 0 bridgehead atoms. The van der Waals surface area contributed by atoms with Crippen LogP contribution in [0.25, 0.3) is 0 Å². The monoisotopic (exact) mass is 610 g/mol. The van der Waals surface area contributed by atoms with Gasteiger partial charge in [-0.2, -0.15) is 18.3 Å². The van der Waals surface area contributed by atoms with Crippen LogP contribution in [0.1, 0.15) is 42.2 Å². The van der Waals surface area contributed by atoms with Gasteiger partial charge in [0.15, 0.2) is 0 Å². The number of hydrogen-bond donors (Lipinski definition) is 2. The largest absolute Gasteiger partial charge is 0.416 e. The molecule has 0 saturated carbocycles. The lowest BCUT2D eigenvalue weighted by atomic mass is 10.1. The Bertz CT molecular complexity index is 1730. The maximum absolute atomic E-state index is 13.1. The van der Waals surface area contributed by atoms with Crippen LogP contribution >= 0.6 is 11.6 Å². The molecule has 2 N–H and O–H groups in total. The van der Waals surface area contributed by atoms with Crippen LogP contribution in [-0.4, -0.2) is 28.9 Å². The Balaban J connectivity index is 1.46. The summed E-state index contributed by atoms with van der Waals surface area (Å²) in [4.78, 5) is 48.2. The van der Waals surface area contributed by atoms with Crippen molar-refractivity contribution in [1.82, 2.24) is 5.43 Å². The molecule has 0 heterocycles. The predicted octanol–water partition coefficient (Wildman–Crippen LogP) is 6.50. The van der Waals surface area contributed by atoms with Crippen molar-refractivity contribution in [1.29, 1.82) is 0 Å². The Labute approximate surface area is 245 Å². The van der Waals surface area contributed by atoms with Gasteiger partial charge in [0.2, 0.25) is 5.75 Å². The summed E-state index contributed by atoms with van der Waals surface area (Å²) in [5, 5.41) is 18.5. The van der Waals surface area contributed by atoms with Crippen molar-refractivity contribution in [3.8, 4) is 5.75 Å². The van der Waals surface area contributed by atoms with E-state index in [4.69, 9.17) is 16.3 Å². The lowest BCUT2D eigenvalue weighted by Crippen LogP contribution is -2.18. The predicted molar refractivity (Wildman–Crippen MR) is 150 cm³/mol. The molecule has 0 unspecified atom stereocenters. The third-order valence-electron chi connectivity index (χ3n) is 5.72. The maximum Gasteiger partial charge on any atom is 0.416 e. The summed E-state index contributed by atoms with van der Waals surface area (Å²) < 4.78 is 44.3. The van der Waals surface area contributed by atoms with E-state index >= 15 is 0 Å². The average Bonchev–Trinajstić information content (AvgIpc) is 2.98. The van der Waals surface area contributed by atoms with Gasteiger partial charge < -0.3 is 10.1 Å². The fourth-order valence-corrected chi connectivity index (χ4v) is 3.73. The van der Waals surface area contributed by atoms with E-state index in [1.54, 1.807) is 24.3 Å². The molecular weight excluding hydrogens is 593 g/mol. The number of alkyl halides is 3. The molecule has 4 rings (SSSR count). The van der Waals surface area contributed by atoms with Crippen LogP contribution in [0.3, 0.4) is 0 Å². The first kappa shape index (κ1) is 30.4. The summed E-state index contributed by atoms with van der Waals surface area (Å²) in [6.07, 6.45) is -3.75. The normalized spacial score (nSPS) is 11.2. The van der Waals surface area contributed by atoms with E-state index in [-0.39, 0.29) is 17.0 Å². The number of para-hydroxylation sites is 1. The van der Waals surface area contributed by atoms with Gasteiger partial charge in [0.25, 0.3) is 11.8 Å². The molecule has 218 valence electrons. The standard InChI is InChI=1S/C29H18ClF3N4O6/c30-22-11-7-17(8-12-22)26(38)35-23-13-9-18(10-14-23)27(39)36-34-16-20-4-2-6-24(37(41)42)25(20)43-28(40)19-3-1-5-21(15-19)29(31,32)33/h1-16H,(H,35,38)(H,36,39)/b34-16+. The SMILES string of the molecule is O=C(N/N=C/c1cccc([N+](=O)[O-])c1OC(=O)c1cccc(C(F)(F)F)c1)c1ccc(NC(=O)c2ccc(Cl)cc2)cc1. The number of halogens is 4. The summed E-state index contributed by atoms with van der Waals surface area (Å²) in [6.45, 7) is 0. The molecule has 4 aromatic rings. The molecule has 14 heteroatoms. The molecule has 43 heavy (non-hydrogen) atoms. The Morgan fingerprint density at radius 3 is 2.14 bits per heavy atom. The van der Waals surface area contributed by atoms with Gasteiger partial charge in [-0.05, 0) is 72.8 Å². The lowest BCUT2D eigenvalue weighted by Gasteiger charge is -2.10. The van der Waals surface area contributed by atoms with Crippen molar-refractivity contribution in [2.75, 3.05) is 5.32 Å². The molecule has 0 aliphatic rings. The highest BCUT2D eigenvalue weighted by atomic mass is 35.5. The molecule has 0 saturated heterocycles. The zero-order chi connectivity index (χ0) is 31.1. The smallest absolute Gasteiger partial charge is 0.415 e. The summed E-state index contributed by atoms with van der Waals surface area (Å²) >= 11 is 5.82. The summed E-state index contributed by atoms with van der Waals surface area (Å²) in [5.41, 5.74) is 0.781. The van der Waals surface area contributed by atoms with Gasteiger partial charge in [-0.15, -0.1) is 0 Å². The van der Waals surface area contributed by atoms with Crippen LogP contribution in [0.2, 0.25) is 5.02 Å². The number of hydrazone groups is 1. The second kappa shape index (κ2) is 13.0. The van der Waals surface area contributed by atoms with Gasteiger partial charge >= 0.3 is 17.8 Å². The van der Waals surface area contributed by atoms with E-state index < -0.39 is 45.5 Å². The number of hydrogen-bond acceptors (Lipinski definition) is 7. The third kappa shape index (κ3) is 7.80. The zero-order valence-corrected chi connectivity index (χ0v) is 22.3. The van der Waals surface area contributed by atoms with Crippen LogP contribution in [0.15, 0.2) is 96.1 Å². The Hall–Kier alpha value is -5.56. The average molecular weight is 611 g/mol. The number of carbonyl (C=O) groups excluding carboxylic acids is 3. The molecule has 10 nitrogen and oxygen atoms in total. The van der Waals surface area contributed by atoms with Crippen molar-refractivity contribution in [3.63, 3.8) is 0 Å². The number of amides is 2. The summed E-state index contributed by atoms with van der Waals surface area (Å²) in [7, 11) is 0. The lowest BCUT2D eigenvalue weighted by molar-refractivity contribution is -0.385.